The fourth-order valence-electron chi connectivity index (χ4n) is 3.02. The van der Waals surface area contributed by atoms with Gasteiger partial charge in [-0.25, -0.2) is 4.79 Å². The van der Waals surface area contributed by atoms with E-state index in [2.05, 4.69) is 5.32 Å². The summed E-state index contributed by atoms with van der Waals surface area (Å²) in [6, 6.07) is 0. The van der Waals surface area contributed by atoms with Gasteiger partial charge in [0.2, 0.25) is 5.91 Å². The summed E-state index contributed by atoms with van der Waals surface area (Å²) >= 11 is 0. The predicted octanol–water partition coefficient (Wildman–Crippen LogP) is 3.08. The van der Waals surface area contributed by atoms with Gasteiger partial charge in [-0.2, -0.15) is 0 Å². The van der Waals surface area contributed by atoms with Crippen LogP contribution in [0.3, 0.4) is 0 Å². The normalized spacial score (nSPS) is 18.4. The number of amides is 2. The van der Waals surface area contributed by atoms with Crippen molar-refractivity contribution in [3.8, 4) is 0 Å². The highest BCUT2D eigenvalue weighted by Crippen LogP contribution is 2.24. The lowest BCUT2D eigenvalue weighted by Crippen LogP contribution is -2.41. The van der Waals surface area contributed by atoms with Gasteiger partial charge in [0.05, 0.1) is 0 Å². The third-order valence-corrected chi connectivity index (χ3v) is 4.44. The van der Waals surface area contributed by atoms with Crippen molar-refractivity contribution in [2.45, 2.75) is 77.7 Å². The second-order valence-electron chi connectivity index (χ2n) is 7.94. The van der Waals surface area contributed by atoms with Gasteiger partial charge in [-0.1, -0.05) is 19.3 Å². The molecule has 0 aromatic carbocycles. The molecule has 0 radical (unpaired) electrons. The Kier molecular flexibility index (Phi) is 9.86. The van der Waals surface area contributed by atoms with Crippen molar-refractivity contribution in [3.05, 3.63) is 0 Å². The summed E-state index contributed by atoms with van der Waals surface area (Å²) in [6.45, 7) is 8.53. The number of unbranched alkanes of at least 4 members (excludes halogenated alkanes) is 2. The summed E-state index contributed by atoms with van der Waals surface area (Å²) in [5.74, 6) is 0.937. The Morgan fingerprint density at radius 1 is 1.24 bits per heavy atom. The van der Waals surface area contributed by atoms with Gasteiger partial charge >= 0.3 is 6.09 Å². The summed E-state index contributed by atoms with van der Waals surface area (Å²) in [5.41, 5.74) is -0.405. The van der Waals surface area contributed by atoms with E-state index >= 15 is 0 Å². The molecular formula is C19H36N2O4. The SMILES string of the molecule is CC(C)(C)OC(=O)N1CCC(CCCCCO)CC1.O=C1CCCN1. The number of carbonyl (C=O) groups excluding carboxylic acids is 2. The van der Waals surface area contributed by atoms with Crippen LogP contribution in [0, 0.1) is 5.92 Å². The lowest BCUT2D eigenvalue weighted by Gasteiger charge is -2.33. The fraction of sp³-hybridized carbons (Fsp3) is 0.895. The monoisotopic (exact) mass is 356 g/mol. The van der Waals surface area contributed by atoms with Gasteiger partial charge in [0.1, 0.15) is 5.60 Å². The average Bonchev–Trinajstić information content (AvgIpc) is 3.02. The van der Waals surface area contributed by atoms with Gasteiger partial charge in [-0.15, -0.1) is 0 Å². The Hall–Kier alpha value is -1.30. The van der Waals surface area contributed by atoms with Crippen LogP contribution in [-0.4, -0.2) is 53.8 Å². The topological polar surface area (TPSA) is 78.9 Å². The van der Waals surface area contributed by atoms with Crippen LogP contribution in [0.2, 0.25) is 0 Å². The number of nitrogens with zero attached hydrogens (tertiary/aromatic N) is 1. The molecule has 2 amide bonds. The minimum Gasteiger partial charge on any atom is -0.444 e. The number of piperidine rings is 1. The molecule has 2 heterocycles. The molecule has 25 heavy (non-hydrogen) atoms. The van der Waals surface area contributed by atoms with Crippen molar-refractivity contribution < 1.29 is 19.4 Å². The summed E-state index contributed by atoms with van der Waals surface area (Å²) in [6.07, 6.45) is 8.20. The molecule has 2 fully saturated rings. The van der Waals surface area contributed by atoms with Crippen LogP contribution in [0.4, 0.5) is 4.79 Å². The highest BCUT2D eigenvalue weighted by molar-refractivity contribution is 5.77. The number of likely N-dealkylation sites (tertiary alicyclic amines) is 1. The van der Waals surface area contributed by atoms with Crippen molar-refractivity contribution in [2.75, 3.05) is 26.2 Å². The van der Waals surface area contributed by atoms with E-state index in [1.165, 1.54) is 12.8 Å². The smallest absolute Gasteiger partial charge is 0.410 e. The zero-order chi connectivity index (χ0) is 18.7. The minimum atomic E-state index is -0.405. The molecule has 0 aromatic heterocycles. The Morgan fingerprint density at radius 2 is 1.92 bits per heavy atom. The average molecular weight is 357 g/mol. The second kappa shape index (κ2) is 11.3. The fourth-order valence-corrected chi connectivity index (χ4v) is 3.02. The highest BCUT2D eigenvalue weighted by atomic mass is 16.6. The third-order valence-electron chi connectivity index (χ3n) is 4.44. The molecule has 0 spiro atoms. The van der Waals surface area contributed by atoms with Crippen LogP contribution in [0.5, 0.6) is 0 Å². The van der Waals surface area contributed by atoms with Gasteiger partial charge in [-0.3, -0.25) is 4.79 Å². The van der Waals surface area contributed by atoms with E-state index in [9.17, 15) is 9.59 Å². The lowest BCUT2D eigenvalue weighted by molar-refractivity contribution is -0.119. The molecule has 0 aliphatic carbocycles. The Balaban J connectivity index is 0.000000435. The maximum Gasteiger partial charge on any atom is 0.410 e. The summed E-state index contributed by atoms with van der Waals surface area (Å²) < 4.78 is 5.38. The van der Waals surface area contributed by atoms with Crippen molar-refractivity contribution >= 4 is 12.0 Å². The molecule has 146 valence electrons. The van der Waals surface area contributed by atoms with Crippen LogP contribution in [0.25, 0.3) is 0 Å². The maximum absolute atomic E-state index is 11.9. The molecule has 2 aliphatic heterocycles. The van der Waals surface area contributed by atoms with Crippen molar-refractivity contribution in [2.24, 2.45) is 5.92 Å². The minimum absolute atomic E-state index is 0.175. The molecule has 0 unspecified atom stereocenters. The lowest BCUT2D eigenvalue weighted by atomic mass is 9.91. The number of nitrogens with one attached hydrogen (secondary N) is 1. The summed E-state index contributed by atoms with van der Waals surface area (Å²) in [5, 5.41) is 11.4. The van der Waals surface area contributed by atoms with Gasteiger partial charge in [-0.05, 0) is 52.4 Å². The van der Waals surface area contributed by atoms with Crippen molar-refractivity contribution in [1.29, 1.82) is 0 Å². The van der Waals surface area contributed by atoms with Crippen LogP contribution >= 0.6 is 0 Å². The molecular weight excluding hydrogens is 320 g/mol. The maximum atomic E-state index is 11.9. The molecule has 2 aliphatic rings. The second-order valence-corrected chi connectivity index (χ2v) is 7.94. The molecule has 2 saturated heterocycles. The highest BCUT2D eigenvalue weighted by Gasteiger charge is 2.26. The van der Waals surface area contributed by atoms with Crippen LogP contribution in [-0.2, 0) is 9.53 Å². The van der Waals surface area contributed by atoms with Crippen molar-refractivity contribution in [1.82, 2.24) is 10.2 Å². The van der Waals surface area contributed by atoms with Gasteiger partial charge in [0.15, 0.2) is 0 Å². The van der Waals surface area contributed by atoms with E-state index in [0.29, 0.717) is 6.61 Å². The first-order chi connectivity index (χ1) is 11.8. The van der Waals surface area contributed by atoms with Gasteiger partial charge in [0, 0.05) is 32.7 Å². The van der Waals surface area contributed by atoms with Crippen LogP contribution in [0.15, 0.2) is 0 Å². The largest absolute Gasteiger partial charge is 0.444 e. The van der Waals surface area contributed by atoms with Gasteiger partial charge in [0.25, 0.3) is 0 Å². The quantitative estimate of drug-likeness (QED) is 0.742. The van der Waals surface area contributed by atoms with Crippen LogP contribution < -0.4 is 5.32 Å². The van der Waals surface area contributed by atoms with E-state index in [-0.39, 0.29) is 12.0 Å². The first-order valence-corrected chi connectivity index (χ1v) is 9.67. The Bertz CT molecular complexity index is 391. The van der Waals surface area contributed by atoms with E-state index in [1.807, 2.05) is 25.7 Å². The summed E-state index contributed by atoms with van der Waals surface area (Å²) in [7, 11) is 0. The number of carbonyl (C=O) groups is 2. The standard InChI is InChI=1S/C15H29NO3.C4H7NO/c1-15(2,3)19-14(18)16-10-8-13(9-11-16)7-5-4-6-12-17;6-4-2-1-3-5-4/h13,17H,4-12H2,1-3H3;1-3H2,(H,5,6). The first kappa shape index (κ1) is 21.7. The molecule has 0 saturated carbocycles. The number of hydrogen-bond donors (Lipinski definition) is 2. The van der Waals surface area contributed by atoms with E-state index in [4.69, 9.17) is 9.84 Å². The molecule has 2 rings (SSSR count). The number of hydrogen-bond acceptors (Lipinski definition) is 4. The number of aliphatic hydroxyl groups excluding tert-OH is 1. The molecule has 0 aromatic rings. The van der Waals surface area contributed by atoms with E-state index in [0.717, 1.165) is 64.1 Å². The molecule has 2 N–H and O–H groups in total. The molecule has 0 atom stereocenters. The molecule has 6 heteroatoms. The number of ether oxygens (including phenoxy) is 1. The third kappa shape index (κ3) is 10.3. The zero-order valence-corrected chi connectivity index (χ0v) is 16.2. The molecule has 0 bridgehead atoms. The number of rotatable bonds is 5. The number of aliphatic hydroxyl groups is 1. The van der Waals surface area contributed by atoms with E-state index < -0.39 is 5.60 Å². The predicted molar refractivity (Wildman–Crippen MR) is 98.3 cm³/mol. The Morgan fingerprint density at radius 3 is 2.36 bits per heavy atom. The Labute approximate surface area is 152 Å². The van der Waals surface area contributed by atoms with E-state index in [1.54, 1.807) is 0 Å². The van der Waals surface area contributed by atoms with Gasteiger partial charge < -0.3 is 20.1 Å². The zero-order valence-electron chi connectivity index (χ0n) is 16.2. The van der Waals surface area contributed by atoms with Crippen LogP contribution in [0.1, 0.15) is 72.1 Å². The van der Waals surface area contributed by atoms with Crippen molar-refractivity contribution in [3.63, 3.8) is 0 Å². The summed E-state index contributed by atoms with van der Waals surface area (Å²) in [4.78, 5) is 23.9. The first-order valence-electron chi connectivity index (χ1n) is 9.67. The molecule has 6 nitrogen and oxygen atoms in total.